The van der Waals surface area contributed by atoms with E-state index in [0.29, 0.717) is 22.9 Å². The summed E-state index contributed by atoms with van der Waals surface area (Å²) in [5.74, 6) is -2.54. The van der Waals surface area contributed by atoms with Crippen molar-refractivity contribution in [2.24, 2.45) is 0 Å². The highest BCUT2D eigenvalue weighted by atomic mass is 35.5. The molecule has 112 valence electrons. The van der Waals surface area contributed by atoms with E-state index in [1.807, 2.05) is 31.1 Å². The van der Waals surface area contributed by atoms with Gasteiger partial charge >= 0.3 is 0 Å². The fourth-order valence-corrected chi connectivity index (χ4v) is 3.36. The molecule has 0 aliphatic heterocycles. The number of halogens is 4. The zero-order valence-corrected chi connectivity index (χ0v) is 13.2. The average Bonchev–Trinajstić information content (AvgIpc) is 2.35. The van der Waals surface area contributed by atoms with Crippen molar-refractivity contribution in [2.75, 3.05) is 20.6 Å². The molecule has 0 amide bonds. The van der Waals surface area contributed by atoms with Crippen LogP contribution in [-0.2, 0) is 5.41 Å². The molecule has 0 unspecified atom stereocenters. The van der Waals surface area contributed by atoms with Gasteiger partial charge in [-0.25, -0.2) is 8.78 Å². The molecule has 1 saturated carbocycles. The standard InChI is InChI=1S/C15H19Cl2F2N/c1-20(2)10-14(5-7-15(18,19)8-6-14)11-3-4-12(16)13(17)9-11/h3-4,9H,5-8,10H2,1-2H3. The first kappa shape index (κ1) is 16.0. The van der Waals surface area contributed by atoms with Crippen molar-refractivity contribution < 1.29 is 8.78 Å². The van der Waals surface area contributed by atoms with E-state index in [0.717, 1.165) is 12.1 Å². The molecule has 0 atom stereocenters. The van der Waals surface area contributed by atoms with E-state index in [2.05, 4.69) is 0 Å². The summed E-state index contributed by atoms with van der Waals surface area (Å²) in [5, 5.41) is 0.983. The maximum atomic E-state index is 13.5. The number of hydrogen-bond acceptors (Lipinski definition) is 1. The molecule has 1 nitrogen and oxygen atoms in total. The number of alkyl halides is 2. The van der Waals surface area contributed by atoms with Crippen molar-refractivity contribution in [2.45, 2.75) is 37.0 Å². The van der Waals surface area contributed by atoms with E-state index in [1.165, 1.54) is 0 Å². The van der Waals surface area contributed by atoms with Crippen LogP contribution in [0.15, 0.2) is 18.2 Å². The molecule has 0 bridgehead atoms. The van der Waals surface area contributed by atoms with Crippen molar-refractivity contribution in [3.05, 3.63) is 33.8 Å². The van der Waals surface area contributed by atoms with Crippen LogP contribution in [0.5, 0.6) is 0 Å². The van der Waals surface area contributed by atoms with Crippen LogP contribution in [0.2, 0.25) is 10.0 Å². The van der Waals surface area contributed by atoms with Gasteiger partial charge in [-0.05, 0) is 44.6 Å². The zero-order chi connectivity index (χ0) is 15.0. The summed E-state index contributed by atoms with van der Waals surface area (Å²) in [4.78, 5) is 2.05. The van der Waals surface area contributed by atoms with Crippen LogP contribution < -0.4 is 0 Å². The first-order valence-electron chi connectivity index (χ1n) is 6.72. The molecule has 20 heavy (non-hydrogen) atoms. The van der Waals surface area contributed by atoms with Crippen LogP contribution >= 0.6 is 23.2 Å². The van der Waals surface area contributed by atoms with Crippen molar-refractivity contribution in [1.82, 2.24) is 4.90 Å². The normalized spacial score (nSPS) is 21.1. The van der Waals surface area contributed by atoms with E-state index >= 15 is 0 Å². The molecule has 0 spiro atoms. The second kappa shape index (κ2) is 5.78. The third-order valence-electron chi connectivity index (χ3n) is 4.09. The summed E-state index contributed by atoms with van der Waals surface area (Å²) in [5.41, 5.74) is 0.746. The lowest BCUT2D eigenvalue weighted by Crippen LogP contribution is -2.43. The minimum Gasteiger partial charge on any atom is -0.309 e. The Morgan fingerprint density at radius 3 is 2.15 bits per heavy atom. The first-order chi connectivity index (χ1) is 9.24. The smallest absolute Gasteiger partial charge is 0.248 e. The van der Waals surface area contributed by atoms with Crippen LogP contribution in [0.1, 0.15) is 31.2 Å². The van der Waals surface area contributed by atoms with Crippen molar-refractivity contribution in [3.8, 4) is 0 Å². The molecule has 0 heterocycles. The quantitative estimate of drug-likeness (QED) is 0.757. The minimum atomic E-state index is -2.54. The Labute approximate surface area is 128 Å². The van der Waals surface area contributed by atoms with E-state index in [9.17, 15) is 8.78 Å². The van der Waals surface area contributed by atoms with Gasteiger partial charge in [-0.3, -0.25) is 0 Å². The molecular weight excluding hydrogens is 303 g/mol. The van der Waals surface area contributed by atoms with Crippen LogP contribution in [-0.4, -0.2) is 31.5 Å². The average molecular weight is 322 g/mol. The monoisotopic (exact) mass is 321 g/mol. The Balaban J connectivity index is 2.34. The van der Waals surface area contributed by atoms with E-state index < -0.39 is 5.92 Å². The predicted octanol–water partition coefficient (Wildman–Crippen LogP) is 5.00. The highest BCUT2D eigenvalue weighted by molar-refractivity contribution is 6.42. The third-order valence-corrected chi connectivity index (χ3v) is 4.83. The molecule has 1 aliphatic carbocycles. The molecule has 2 rings (SSSR count). The van der Waals surface area contributed by atoms with Gasteiger partial charge in [-0.2, -0.15) is 0 Å². The predicted molar refractivity (Wildman–Crippen MR) is 80.1 cm³/mol. The number of rotatable bonds is 3. The molecule has 0 N–H and O–H groups in total. The van der Waals surface area contributed by atoms with Crippen LogP contribution in [0, 0.1) is 0 Å². The number of nitrogens with zero attached hydrogens (tertiary/aromatic N) is 1. The Bertz CT molecular complexity index is 479. The van der Waals surface area contributed by atoms with Crippen LogP contribution in [0.3, 0.4) is 0 Å². The zero-order valence-electron chi connectivity index (χ0n) is 11.7. The fraction of sp³-hybridized carbons (Fsp3) is 0.600. The number of likely N-dealkylation sites (N-methyl/N-ethyl adjacent to an activating group) is 1. The number of benzene rings is 1. The van der Waals surface area contributed by atoms with Gasteiger partial charge in [0.25, 0.3) is 0 Å². The molecule has 0 aromatic heterocycles. The van der Waals surface area contributed by atoms with Crippen molar-refractivity contribution >= 4 is 23.2 Å². The van der Waals surface area contributed by atoms with Gasteiger partial charge in [-0.15, -0.1) is 0 Å². The van der Waals surface area contributed by atoms with E-state index in [1.54, 1.807) is 6.07 Å². The Morgan fingerprint density at radius 1 is 1.05 bits per heavy atom. The van der Waals surface area contributed by atoms with Gasteiger partial charge in [0.2, 0.25) is 5.92 Å². The highest BCUT2D eigenvalue weighted by Crippen LogP contribution is 2.46. The second-order valence-electron chi connectivity index (χ2n) is 6.00. The van der Waals surface area contributed by atoms with Crippen LogP contribution in [0.4, 0.5) is 8.78 Å². The maximum Gasteiger partial charge on any atom is 0.248 e. The van der Waals surface area contributed by atoms with Crippen molar-refractivity contribution in [3.63, 3.8) is 0 Å². The highest BCUT2D eigenvalue weighted by Gasteiger charge is 2.44. The summed E-state index contributed by atoms with van der Waals surface area (Å²) >= 11 is 12.0. The SMILES string of the molecule is CN(C)CC1(c2ccc(Cl)c(Cl)c2)CCC(F)(F)CC1. The number of hydrogen-bond donors (Lipinski definition) is 0. The topological polar surface area (TPSA) is 3.24 Å². The Hall–Kier alpha value is -0.380. The lowest BCUT2D eigenvalue weighted by molar-refractivity contribution is -0.0548. The van der Waals surface area contributed by atoms with Gasteiger partial charge in [0.15, 0.2) is 0 Å². The largest absolute Gasteiger partial charge is 0.309 e. The lowest BCUT2D eigenvalue weighted by atomic mass is 9.68. The third kappa shape index (κ3) is 3.44. The van der Waals surface area contributed by atoms with Gasteiger partial charge in [0.05, 0.1) is 10.0 Å². The first-order valence-corrected chi connectivity index (χ1v) is 7.48. The molecule has 1 aliphatic rings. The summed E-state index contributed by atoms with van der Waals surface area (Å²) in [6.07, 6.45) is 0.800. The summed E-state index contributed by atoms with van der Waals surface area (Å²) in [7, 11) is 3.93. The fourth-order valence-electron chi connectivity index (χ4n) is 3.06. The van der Waals surface area contributed by atoms with E-state index in [-0.39, 0.29) is 18.3 Å². The van der Waals surface area contributed by atoms with Gasteiger partial charge in [0.1, 0.15) is 0 Å². The summed E-state index contributed by atoms with van der Waals surface area (Å²) in [6.45, 7) is 0.737. The molecule has 5 heteroatoms. The summed E-state index contributed by atoms with van der Waals surface area (Å²) < 4.78 is 27.0. The minimum absolute atomic E-state index is 0.0684. The molecule has 0 radical (unpaired) electrons. The van der Waals surface area contributed by atoms with E-state index in [4.69, 9.17) is 23.2 Å². The van der Waals surface area contributed by atoms with Gasteiger partial charge in [0, 0.05) is 24.8 Å². The Kier molecular flexibility index (Phi) is 4.63. The molecule has 0 saturated heterocycles. The van der Waals surface area contributed by atoms with Gasteiger partial charge < -0.3 is 4.90 Å². The molecule has 1 aromatic rings. The van der Waals surface area contributed by atoms with Gasteiger partial charge in [-0.1, -0.05) is 29.3 Å². The second-order valence-corrected chi connectivity index (χ2v) is 6.82. The molecule has 1 fully saturated rings. The lowest BCUT2D eigenvalue weighted by Gasteiger charge is -2.42. The Morgan fingerprint density at radius 2 is 1.65 bits per heavy atom. The maximum absolute atomic E-state index is 13.5. The van der Waals surface area contributed by atoms with Crippen LogP contribution in [0.25, 0.3) is 0 Å². The van der Waals surface area contributed by atoms with Crippen molar-refractivity contribution in [1.29, 1.82) is 0 Å². The molecular formula is C15H19Cl2F2N. The summed E-state index contributed by atoms with van der Waals surface area (Å²) in [6, 6.07) is 5.50. The molecule has 1 aromatic carbocycles.